The Balaban J connectivity index is 0.00000147. The van der Waals surface area contributed by atoms with Crippen LogP contribution >= 0.6 is 12.4 Å². The lowest BCUT2D eigenvalue weighted by atomic mass is 10.0. The van der Waals surface area contributed by atoms with Gasteiger partial charge in [-0.3, -0.25) is 4.79 Å². The highest BCUT2D eigenvalue weighted by atomic mass is 35.5. The number of hydrogen-bond donors (Lipinski definition) is 2. The molecule has 1 aromatic carbocycles. The zero-order chi connectivity index (χ0) is 13.1. The number of carbonyl (C=O) groups is 1. The Morgan fingerprint density at radius 2 is 2.00 bits per heavy atom. The summed E-state index contributed by atoms with van der Waals surface area (Å²) in [6.07, 6.45) is 1.56. The van der Waals surface area contributed by atoms with Crippen molar-refractivity contribution in [2.45, 2.75) is 0 Å². The third-order valence-corrected chi connectivity index (χ3v) is 3.37. The molecule has 0 aliphatic carbocycles. The summed E-state index contributed by atoms with van der Waals surface area (Å²) in [5.74, 6) is 0.785. The highest BCUT2D eigenvalue weighted by Gasteiger charge is 2.20. The molecule has 20 heavy (non-hydrogen) atoms. The van der Waals surface area contributed by atoms with Crippen LogP contribution in [0.5, 0.6) is 0 Å². The van der Waals surface area contributed by atoms with Gasteiger partial charge < -0.3 is 15.1 Å². The third-order valence-electron chi connectivity index (χ3n) is 3.37. The Labute approximate surface area is 124 Å². The summed E-state index contributed by atoms with van der Waals surface area (Å²) in [7, 11) is 0. The van der Waals surface area contributed by atoms with Gasteiger partial charge in [-0.25, -0.2) is 0 Å². The van der Waals surface area contributed by atoms with Gasteiger partial charge in [-0.15, -0.1) is 12.4 Å². The normalized spacial score (nSPS) is 14.2. The van der Waals surface area contributed by atoms with Gasteiger partial charge in [0.25, 0.3) is 5.91 Å². The van der Waals surface area contributed by atoms with Crippen LogP contribution < -0.4 is 10.6 Å². The molecule has 0 unspecified atom stereocenters. The molecule has 0 radical (unpaired) electrons. The molecule has 0 atom stereocenters. The van der Waals surface area contributed by atoms with E-state index >= 15 is 0 Å². The predicted octanol–water partition coefficient (Wildman–Crippen LogP) is 2.32. The lowest BCUT2D eigenvalue weighted by Crippen LogP contribution is -2.48. The van der Waals surface area contributed by atoms with Gasteiger partial charge in [-0.2, -0.15) is 0 Å². The Kier molecular flexibility index (Phi) is 4.82. The van der Waals surface area contributed by atoms with Crippen LogP contribution in [0.25, 0.3) is 11.1 Å². The molecule has 4 nitrogen and oxygen atoms in total. The number of furan rings is 1. The first kappa shape index (κ1) is 14.6. The van der Waals surface area contributed by atoms with Crippen LogP contribution in [0, 0.1) is 5.92 Å². The monoisotopic (exact) mass is 292 g/mol. The highest BCUT2D eigenvalue weighted by Crippen LogP contribution is 2.24. The molecular weight excluding hydrogens is 276 g/mol. The number of benzene rings is 1. The molecule has 1 aliphatic rings. The molecule has 1 amide bonds. The van der Waals surface area contributed by atoms with Crippen molar-refractivity contribution in [1.82, 2.24) is 10.6 Å². The van der Waals surface area contributed by atoms with Crippen LogP contribution in [0.4, 0.5) is 0 Å². The summed E-state index contributed by atoms with van der Waals surface area (Å²) in [5, 5.41) is 6.11. The van der Waals surface area contributed by atoms with Crippen molar-refractivity contribution in [3.63, 3.8) is 0 Å². The van der Waals surface area contributed by atoms with Crippen molar-refractivity contribution in [2.75, 3.05) is 19.6 Å². The van der Waals surface area contributed by atoms with E-state index in [9.17, 15) is 4.79 Å². The van der Waals surface area contributed by atoms with Crippen molar-refractivity contribution in [3.8, 4) is 11.1 Å². The van der Waals surface area contributed by atoms with Crippen molar-refractivity contribution in [1.29, 1.82) is 0 Å². The number of hydrogen-bond acceptors (Lipinski definition) is 3. The van der Waals surface area contributed by atoms with E-state index < -0.39 is 0 Å². The number of rotatable bonds is 4. The maximum absolute atomic E-state index is 12.1. The second-order valence-corrected chi connectivity index (χ2v) is 4.76. The second-order valence-electron chi connectivity index (χ2n) is 4.76. The van der Waals surface area contributed by atoms with E-state index in [-0.39, 0.29) is 18.3 Å². The van der Waals surface area contributed by atoms with Gasteiger partial charge in [0.2, 0.25) is 0 Å². The summed E-state index contributed by atoms with van der Waals surface area (Å²) in [4.78, 5) is 12.1. The Hall–Kier alpha value is -1.78. The predicted molar refractivity (Wildman–Crippen MR) is 80.1 cm³/mol. The lowest BCUT2D eigenvalue weighted by molar-refractivity contribution is 0.0915. The van der Waals surface area contributed by atoms with Crippen LogP contribution in [0.2, 0.25) is 0 Å². The fourth-order valence-corrected chi connectivity index (χ4v) is 2.14. The minimum absolute atomic E-state index is 0. The van der Waals surface area contributed by atoms with Gasteiger partial charge in [0, 0.05) is 31.1 Å². The third kappa shape index (κ3) is 3.03. The van der Waals surface area contributed by atoms with Gasteiger partial charge in [0.15, 0.2) is 5.76 Å². The van der Waals surface area contributed by atoms with Gasteiger partial charge in [0.05, 0.1) is 6.26 Å². The van der Waals surface area contributed by atoms with Crippen LogP contribution in [0.1, 0.15) is 10.6 Å². The largest absolute Gasteiger partial charge is 0.459 e. The van der Waals surface area contributed by atoms with E-state index in [1.807, 2.05) is 36.4 Å². The molecule has 1 fully saturated rings. The summed E-state index contributed by atoms with van der Waals surface area (Å²) < 4.78 is 5.34. The van der Waals surface area contributed by atoms with Crippen LogP contribution in [-0.4, -0.2) is 25.5 Å². The molecule has 0 saturated carbocycles. The zero-order valence-corrected chi connectivity index (χ0v) is 11.8. The number of halogens is 1. The van der Waals surface area contributed by atoms with Crippen LogP contribution in [0.15, 0.2) is 47.1 Å². The molecule has 0 bridgehead atoms. The molecule has 1 aliphatic heterocycles. The fraction of sp³-hybridized carbons (Fsp3) is 0.267. The summed E-state index contributed by atoms with van der Waals surface area (Å²) in [5.41, 5.74) is 1.83. The average Bonchev–Trinajstić information content (AvgIpc) is 2.87. The minimum Gasteiger partial charge on any atom is -0.459 e. The maximum Gasteiger partial charge on any atom is 0.287 e. The van der Waals surface area contributed by atoms with E-state index in [1.54, 1.807) is 6.26 Å². The van der Waals surface area contributed by atoms with E-state index in [4.69, 9.17) is 4.42 Å². The van der Waals surface area contributed by atoms with E-state index in [2.05, 4.69) is 10.6 Å². The van der Waals surface area contributed by atoms with E-state index in [0.29, 0.717) is 18.2 Å². The fourth-order valence-electron chi connectivity index (χ4n) is 2.14. The SMILES string of the molecule is Cl.O=C(NCC1CNC1)c1occc1-c1ccccc1. The summed E-state index contributed by atoms with van der Waals surface area (Å²) in [6, 6.07) is 11.6. The number of nitrogens with one attached hydrogen (secondary N) is 2. The molecular formula is C15H17ClN2O2. The van der Waals surface area contributed by atoms with Gasteiger partial charge in [-0.05, 0) is 11.6 Å². The average molecular weight is 293 g/mol. The molecule has 1 aromatic heterocycles. The smallest absolute Gasteiger partial charge is 0.287 e. The number of carbonyl (C=O) groups excluding carboxylic acids is 1. The molecule has 1 saturated heterocycles. The second kappa shape index (κ2) is 6.59. The van der Waals surface area contributed by atoms with Crippen LogP contribution in [0.3, 0.4) is 0 Å². The van der Waals surface area contributed by atoms with Crippen molar-refractivity contribution in [2.24, 2.45) is 5.92 Å². The Morgan fingerprint density at radius 3 is 2.65 bits per heavy atom. The first-order valence-corrected chi connectivity index (χ1v) is 6.46. The standard InChI is InChI=1S/C15H16N2O2.ClH/c18-15(17-10-11-8-16-9-11)14-13(6-7-19-14)12-4-2-1-3-5-12;/h1-7,11,16H,8-10H2,(H,17,18);1H. The molecule has 2 heterocycles. The molecule has 3 rings (SSSR count). The van der Waals surface area contributed by atoms with Gasteiger partial charge >= 0.3 is 0 Å². The minimum atomic E-state index is -0.143. The quantitative estimate of drug-likeness (QED) is 0.909. The summed E-state index contributed by atoms with van der Waals surface area (Å²) >= 11 is 0. The topological polar surface area (TPSA) is 54.3 Å². The molecule has 106 valence electrons. The maximum atomic E-state index is 12.1. The van der Waals surface area contributed by atoms with Gasteiger partial charge in [0.1, 0.15) is 0 Å². The first-order chi connectivity index (χ1) is 9.34. The first-order valence-electron chi connectivity index (χ1n) is 6.46. The van der Waals surface area contributed by atoms with E-state index in [1.165, 1.54) is 0 Å². The zero-order valence-electron chi connectivity index (χ0n) is 11.0. The summed E-state index contributed by atoms with van der Waals surface area (Å²) in [6.45, 7) is 2.65. The molecule has 2 aromatic rings. The van der Waals surface area contributed by atoms with Crippen LogP contribution in [-0.2, 0) is 0 Å². The van der Waals surface area contributed by atoms with Crippen molar-refractivity contribution in [3.05, 3.63) is 48.4 Å². The van der Waals surface area contributed by atoms with E-state index in [0.717, 1.165) is 24.2 Å². The Morgan fingerprint density at radius 1 is 1.25 bits per heavy atom. The Bertz CT molecular complexity index is 564. The van der Waals surface area contributed by atoms with Crippen molar-refractivity contribution < 1.29 is 9.21 Å². The highest BCUT2D eigenvalue weighted by molar-refractivity contribution is 5.98. The lowest BCUT2D eigenvalue weighted by Gasteiger charge is -2.26. The molecule has 2 N–H and O–H groups in total. The number of amides is 1. The van der Waals surface area contributed by atoms with Crippen molar-refractivity contribution >= 4 is 18.3 Å². The molecule has 0 spiro atoms. The van der Waals surface area contributed by atoms with Gasteiger partial charge in [-0.1, -0.05) is 30.3 Å². The molecule has 5 heteroatoms.